The van der Waals surface area contributed by atoms with Crippen LogP contribution in [0.5, 0.6) is 17.2 Å². The van der Waals surface area contributed by atoms with Gasteiger partial charge in [-0.3, -0.25) is 4.98 Å². The average molecular weight is 281 g/mol. The summed E-state index contributed by atoms with van der Waals surface area (Å²) in [6, 6.07) is 3.55. The van der Waals surface area contributed by atoms with Crippen LogP contribution >= 0.6 is 11.6 Å². The van der Waals surface area contributed by atoms with Gasteiger partial charge in [-0.25, -0.2) is 4.98 Å². The highest BCUT2D eigenvalue weighted by atomic mass is 35.5. The maximum atomic E-state index is 6.04. The Kier molecular flexibility index (Phi) is 4.06. The lowest BCUT2D eigenvalue weighted by atomic mass is 10.1. The topological polar surface area (TPSA) is 53.5 Å². The molecule has 0 aliphatic heterocycles. The van der Waals surface area contributed by atoms with E-state index in [2.05, 4.69) is 9.97 Å². The molecule has 0 aliphatic rings. The third kappa shape index (κ3) is 2.56. The summed E-state index contributed by atoms with van der Waals surface area (Å²) in [5.41, 5.74) is 1.30. The molecule has 6 heteroatoms. The molecule has 1 aromatic heterocycles. The van der Waals surface area contributed by atoms with Crippen molar-refractivity contribution in [1.29, 1.82) is 0 Å². The lowest BCUT2D eigenvalue weighted by Crippen LogP contribution is -1.96. The Labute approximate surface area is 116 Å². The van der Waals surface area contributed by atoms with Gasteiger partial charge in [0.2, 0.25) is 5.75 Å². The SMILES string of the molecule is COc1cc(-c2nccnc2Cl)cc(OC)c1OC. The molecule has 0 aliphatic carbocycles. The molecule has 0 bridgehead atoms. The summed E-state index contributed by atoms with van der Waals surface area (Å²) in [5, 5.41) is 0.316. The van der Waals surface area contributed by atoms with Crippen LogP contribution in [0.3, 0.4) is 0 Å². The van der Waals surface area contributed by atoms with E-state index < -0.39 is 0 Å². The fourth-order valence-corrected chi connectivity index (χ4v) is 1.95. The van der Waals surface area contributed by atoms with Gasteiger partial charge >= 0.3 is 0 Å². The first-order valence-corrected chi connectivity index (χ1v) is 5.86. The summed E-state index contributed by atoms with van der Waals surface area (Å²) in [7, 11) is 4.66. The van der Waals surface area contributed by atoms with Gasteiger partial charge in [-0.15, -0.1) is 0 Å². The van der Waals surface area contributed by atoms with E-state index in [1.54, 1.807) is 39.7 Å². The van der Waals surface area contributed by atoms with Crippen molar-refractivity contribution in [2.24, 2.45) is 0 Å². The van der Waals surface area contributed by atoms with E-state index in [0.717, 1.165) is 5.56 Å². The van der Waals surface area contributed by atoms with Gasteiger partial charge in [0.15, 0.2) is 16.7 Å². The minimum Gasteiger partial charge on any atom is -0.493 e. The summed E-state index contributed by atoms with van der Waals surface area (Å²) in [5.74, 6) is 1.60. The summed E-state index contributed by atoms with van der Waals surface area (Å²) >= 11 is 6.04. The molecule has 0 unspecified atom stereocenters. The van der Waals surface area contributed by atoms with Gasteiger partial charge in [0.25, 0.3) is 0 Å². The molecule has 5 nitrogen and oxygen atoms in total. The number of nitrogens with zero attached hydrogens (tertiary/aromatic N) is 2. The van der Waals surface area contributed by atoms with Crippen molar-refractivity contribution in [3.63, 3.8) is 0 Å². The highest BCUT2D eigenvalue weighted by molar-refractivity contribution is 6.31. The monoisotopic (exact) mass is 280 g/mol. The molecule has 0 amide bonds. The number of rotatable bonds is 4. The number of halogens is 1. The van der Waals surface area contributed by atoms with Crippen molar-refractivity contribution in [1.82, 2.24) is 9.97 Å². The minimum absolute atomic E-state index is 0.316. The van der Waals surface area contributed by atoms with Crippen LogP contribution in [-0.4, -0.2) is 31.3 Å². The Morgan fingerprint density at radius 2 is 1.47 bits per heavy atom. The normalized spacial score (nSPS) is 10.1. The van der Waals surface area contributed by atoms with Crippen LogP contribution in [-0.2, 0) is 0 Å². The van der Waals surface area contributed by atoms with E-state index in [0.29, 0.717) is 28.1 Å². The highest BCUT2D eigenvalue weighted by Gasteiger charge is 2.16. The van der Waals surface area contributed by atoms with E-state index in [1.165, 1.54) is 6.20 Å². The number of aromatic nitrogens is 2. The fraction of sp³-hybridized carbons (Fsp3) is 0.231. The van der Waals surface area contributed by atoms with Crippen molar-refractivity contribution >= 4 is 11.6 Å². The van der Waals surface area contributed by atoms with Gasteiger partial charge in [-0.1, -0.05) is 11.6 Å². The van der Waals surface area contributed by atoms with Crippen molar-refractivity contribution in [3.8, 4) is 28.5 Å². The van der Waals surface area contributed by atoms with E-state index in [1.807, 2.05) is 0 Å². The predicted molar refractivity (Wildman–Crippen MR) is 72.1 cm³/mol. The van der Waals surface area contributed by atoms with Gasteiger partial charge in [-0.05, 0) is 12.1 Å². The number of ether oxygens (including phenoxy) is 3. The third-order valence-electron chi connectivity index (χ3n) is 2.59. The molecule has 0 saturated carbocycles. The number of methoxy groups -OCH3 is 3. The zero-order valence-corrected chi connectivity index (χ0v) is 11.6. The minimum atomic E-state index is 0.316. The van der Waals surface area contributed by atoms with Gasteiger partial charge in [0.1, 0.15) is 5.69 Å². The van der Waals surface area contributed by atoms with E-state index >= 15 is 0 Å². The van der Waals surface area contributed by atoms with Crippen LogP contribution in [0.25, 0.3) is 11.3 Å². The second kappa shape index (κ2) is 5.75. The summed E-state index contributed by atoms with van der Waals surface area (Å²) in [6.45, 7) is 0. The van der Waals surface area contributed by atoms with Crippen LogP contribution in [0.1, 0.15) is 0 Å². The molecule has 1 heterocycles. The molecule has 0 saturated heterocycles. The number of hydrogen-bond donors (Lipinski definition) is 0. The molecule has 19 heavy (non-hydrogen) atoms. The first-order valence-electron chi connectivity index (χ1n) is 5.48. The van der Waals surface area contributed by atoms with Crippen molar-refractivity contribution in [2.75, 3.05) is 21.3 Å². The van der Waals surface area contributed by atoms with Crippen LogP contribution in [0.2, 0.25) is 5.15 Å². The summed E-state index contributed by atoms with van der Waals surface area (Å²) < 4.78 is 15.8. The summed E-state index contributed by atoms with van der Waals surface area (Å²) in [6.07, 6.45) is 3.11. The molecule has 2 rings (SSSR count). The van der Waals surface area contributed by atoms with Crippen LogP contribution in [0.15, 0.2) is 24.5 Å². The molecule has 0 spiro atoms. The van der Waals surface area contributed by atoms with Crippen LogP contribution in [0, 0.1) is 0 Å². The summed E-state index contributed by atoms with van der Waals surface area (Å²) in [4.78, 5) is 8.21. The highest BCUT2D eigenvalue weighted by Crippen LogP contribution is 2.41. The standard InChI is InChI=1S/C13H13ClN2O3/c1-17-9-6-8(7-10(18-2)12(9)19-3)11-13(14)16-5-4-15-11/h4-7H,1-3H3. The Balaban J connectivity index is 2.63. The van der Waals surface area contributed by atoms with Gasteiger partial charge in [0, 0.05) is 18.0 Å². The average Bonchev–Trinajstić information content (AvgIpc) is 2.46. The molecular weight excluding hydrogens is 268 g/mol. The lowest BCUT2D eigenvalue weighted by molar-refractivity contribution is 0.324. The molecule has 0 atom stereocenters. The first-order chi connectivity index (χ1) is 9.21. The Morgan fingerprint density at radius 3 is 1.95 bits per heavy atom. The smallest absolute Gasteiger partial charge is 0.203 e. The molecule has 0 fully saturated rings. The quantitative estimate of drug-likeness (QED) is 0.862. The molecule has 2 aromatic rings. The zero-order valence-electron chi connectivity index (χ0n) is 10.8. The molecular formula is C13H13ClN2O3. The number of benzene rings is 1. The maximum absolute atomic E-state index is 6.04. The molecule has 1 aromatic carbocycles. The van der Waals surface area contributed by atoms with Crippen molar-refractivity contribution in [3.05, 3.63) is 29.7 Å². The largest absolute Gasteiger partial charge is 0.493 e. The van der Waals surface area contributed by atoms with E-state index in [9.17, 15) is 0 Å². The third-order valence-corrected chi connectivity index (χ3v) is 2.87. The Bertz CT molecular complexity index is 565. The molecule has 0 N–H and O–H groups in total. The van der Waals surface area contributed by atoms with Gasteiger partial charge < -0.3 is 14.2 Å². The second-order valence-corrected chi connectivity index (χ2v) is 3.97. The lowest BCUT2D eigenvalue weighted by Gasteiger charge is -2.14. The van der Waals surface area contributed by atoms with Gasteiger partial charge in [0.05, 0.1) is 21.3 Å². The Morgan fingerprint density at radius 1 is 0.895 bits per heavy atom. The van der Waals surface area contributed by atoms with E-state index in [-0.39, 0.29) is 0 Å². The zero-order chi connectivity index (χ0) is 13.8. The molecule has 0 radical (unpaired) electrons. The van der Waals surface area contributed by atoms with Crippen LogP contribution < -0.4 is 14.2 Å². The second-order valence-electron chi connectivity index (χ2n) is 3.61. The first kappa shape index (κ1) is 13.4. The predicted octanol–water partition coefficient (Wildman–Crippen LogP) is 2.82. The maximum Gasteiger partial charge on any atom is 0.203 e. The Hall–Kier alpha value is -2.01. The fourth-order valence-electron chi connectivity index (χ4n) is 1.73. The van der Waals surface area contributed by atoms with Crippen LogP contribution in [0.4, 0.5) is 0 Å². The van der Waals surface area contributed by atoms with Crippen molar-refractivity contribution in [2.45, 2.75) is 0 Å². The van der Waals surface area contributed by atoms with Gasteiger partial charge in [-0.2, -0.15) is 0 Å². The molecule has 100 valence electrons. The van der Waals surface area contributed by atoms with E-state index in [4.69, 9.17) is 25.8 Å². The number of hydrogen-bond acceptors (Lipinski definition) is 5. The van der Waals surface area contributed by atoms with Crippen molar-refractivity contribution < 1.29 is 14.2 Å².